The lowest BCUT2D eigenvalue weighted by Gasteiger charge is -2.11. The summed E-state index contributed by atoms with van der Waals surface area (Å²) in [6.07, 6.45) is 1.81. The molecular weight excluding hydrogens is 348 g/mol. The van der Waals surface area contributed by atoms with Crippen molar-refractivity contribution in [3.05, 3.63) is 59.7 Å². The number of ether oxygens (including phenoxy) is 3. The van der Waals surface area contributed by atoms with E-state index in [1.54, 1.807) is 36.4 Å². The largest absolute Gasteiger partial charge is 0.504 e. The molecule has 2 rings (SSSR count). The molecule has 2 aromatic carbocycles. The third-order valence-corrected chi connectivity index (χ3v) is 3.73. The molecule has 0 amide bonds. The summed E-state index contributed by atoms with van der Waals surface area (Å²) >= 11 is 0. The van der Waals surface area contributed by atoms with Gasteiger partial charge in [0.1, 0.15) is 5.75 Å². The second-order valence-electron chi connectivity index (χ2n) is 5.67. The number of rotatable bonds is 8. The van der Waals surface area contributed by atoms with E-state index in [0.29, 0.717) is 29.2 Å². The van der Waals surface area contributed by atoms with Crippen molar-refractivity contribution in [2.45, 2.75) is 20.0 Å². The van der Waals surface area contributed by atoms with Crippen molar-refractivity contribution >= 4 is 17.8 Å². The van der Waals surface area contributed by atoms with E-state index >= 15 is 0 Å². The van der Waals surface area contributed by atoms with E-state index in [1.807, 2.05) is 6.92 Å². The highest BCUT2D eigenvalue weighted by atomic mass is 16.5. The minimum atomic E-state index is -0.922. The number of aromatic hydroxyl groups is 1. The topological polar surface area (TPSA) is 82.1 Å². The Balaban J connectivity index is 1.97. The van der Waals surface area contributed by atoms with Gasteiger partial charge in [-0.3, -0.25) is 4.79 Å². The van der Waals surface area contributed by atoms with Gasteiger partial charge in [0.15, 0.2) is 17.6 Å². The smallest absolute Gasteiger partial charge is 0.331 e. The fourth-order valence-corrected chi connectivity index (χ4v) is 2.35. The van der Waals surface area contributed by atoms with Crippen molar-refractivity contribution in [3.8, 4) is 17.2 Å². The monoisotopic (exact) mass is 370 g/mol. The molecule has 0 aromatic heterocycles. The number of ketones is 1. The summed E-state index contributed by atoms with van der Waals surface area (Å²) in [4.78, 5) is 24.3. The van der Waals surface area contributed by atoms with Gasteiger partial charge in [0, 0.05) is 11.6 Å². The fraction of sp³-hybridized carbons (Fsp3) is 0.238. The molecule has 0 aliphatic rings. The molecule has 0 aliphatic heterocycles. The predicted octanol–water partition coefficient (Wildman–Crippen LogP) is 3.63. The summed E-state index contributed by atoms with van der Waals surface area (Å²) in [6, 6.07) is 11.3. The van der Waals surface area contributed by atoms with Crippen molar-refractivity contribution in [3.63, 3.8) is 0 Å². The van der Waals surface area contributed by atoms with Crippen LogP contribution < -0.4 is 9.47 Å². The maximum absolute atomic E-state index is 12.4. The van der Waals surface area contributed by atoms with Crippen molar-refractivity contribution in [2.75, 3.05) is 13.7 Å². The summed E-state index contributed by atoms with van der Waals surface area (Å²) in [5, 5.41) is 9.56. The molecular formula is C21H22O6. The van der Waals surface area contributed by atoms with Gasteiger partial charge in [0.25, 0.3) is 0 Å². The Morgan fingerprint density at radius 1 is 1.15 bits per heavy atom. The normalized spacial score (nSPS) is 11.8. The van der Waals surface area contributed by atoms with E-state index in [4.69, 9.17) is 14.2 Å². The van der Waals surface area contributed by atoms with E-state index in [1.165, 1.54) is 32.3 Å². The SMILES string of the molecule is CCOc1ccc(C(=O)[C@@H](C)OC(=O)/C=C/c2ccc(O)c(OC)c2)cc1. The van der Waals surface area contributed by atoms with Crippen LogP contribution in [0.3, 0.4) is 0 Å². The van der Waals surface area contributed by atoms with Gasteiger partial charge < -0.3 is 19.3 Å². The first-order valence-electron chi connectivity index (χ1n) is 8.47. The number of methoxy groups -OCH3 is 1. The molecule has 0 fully saturated rings. The lowest BCUT2D eigenvalue weighted by atomic mass is 10.1. The van der Waals surface area contributed by atoms with Crippen LogP contribution in [0.2, 0.25) is 0 Å². The average Bonchev–Trinajstić information content (AvgIpc) is 2.67. The number of carbonyl (C=O) groups excluding carboxylic acids is 2. The molecule has 0 aliphatic carbocycles. The first-order valence-corrected chi connectivity index (χ1v) is 8.47. The summed E-state index contributed by atoms with van der Waals surface area (Å²) in [5.41, 5.74) is 1.08. The number of hydrogen-bond donors (Lipinski definition) is 1. The Morgan fingerprint density at radius 3 is 2.48 bits per heavy atom. The molecule has 1 N–H and O–H groups in total. The summed E-state index contributed by atoms with van der Waals surface area (Å²) in [7, 11) is 1.44. The van der Waals surface area contributed by atoms with Crippen LogP contribution >= 0.6 is 0 Å². The number of phenols is 1. The van der Waals surface area contributed by atoms with Crippen LogP contribution in [0.1, 0.15) is 29.8 Å². The minimum Gasteiger partial charge on any atom is -0.504 e. The summed E-state index contributed by atoms with van der Waals surface area (Å²) < 4.78 is 15.5. The zero-order valence-corrected chi connectivity index (χ0v) is 15.5. The van der Waals surface area contributed by atoms with Gasteiger partial charge in [-0.25, -0.2) is 4.79 Å². The zero-order chi connectivity index (χ0) is 19.8. The molecule has 0 radical (unpaired) electrons. The number of phenolic OH excluding ortho intramolecular Hbond substituents is 1. The van der Waals surface area contributed by atoms with Crippen LogP contribution in [0, 0.1) is 0 Å². The molecule has 2 aromatic rings. The van der Waals surface area contributed by atoms with Crippen LogP contribution in [-0.4, -0.2) is 36.7 Å². The maximum Gasteiger partial charge on any atom is 0.331 e. The van der Waals surface area contributed by atoms with E-state index in [9.17, 15) is 14.7 Å². The molecule has 0 unspecified atom stereocenters. The highest BCUT2D eigenvalue weighted by Crippen LogP contribution is 2.26. The quantitative estimate of drug-likeness (QED) is 0.434. The average molecular weight is 370 g/mol. The summed E-state index contributed by atoms with van der Waals surface area (Å²) in [6.45, 7) is 3.94. The van der Waals surface area contributed by atoms with E-state index < -0.39 is 12.1 Å². The number of Topliss-reactive ketones (excluding diaryl/α,β-unsaturated/α-hetero) is 1. The third-order valence-electron chi connectivity index (χ3n) is 3.73. The zero-order valence-electron chi connectivity index (χ0n) is 15.5. The van der Waals surface area contributed by atoms with Gasteiger partial charge in [-0.15, -0.1) is 0 Å². The standard InChI is InChI=1S/C21H22O6/c1-4-26-17-9-7-16(8-10-17)21(24)14(2)27-20(23)12-6-15-5-11-18(22)19(13-15)25-3/h5-14,22H,4H2,1-3H3/b12-6+/t14-/m1/s1. The van der Waals surface area contributed by atoms with Crippen LogP contribution in [0.4, 0.5) is 0 Å². The molecule has 1 atom stereocenters. The molecule has 0 spiro atoms. The van der Waals surface area contributed by atoms with Crippen LogP contribution in [0.5, 0.6) is 17.2 Å². The molecule has 0 saturated heterocycles. The minimum absolute atomic E-state index is 0.00630. The van der Waals surface area contributed by atoms with E-state index in [0.717, 1.165) is 0 Å². The Labute approximate surface area is 158 Å². The van der Waals surface area contributed by atoms with Gasteiger partial charge >= 0.3 is 5.97 Å². The third kappa shape index (κ3) is 5.60. The Bertz CT molecular complexity index is 823. The Kier molecular flexibility index (Phi) is 7.00. The molecule has 0 bridgehead atoms. The fourth-order valence-electron chi connectivity index (χ4n) is 2.35. The second kappa shape index (κ2) is 9.43. The predicted molar refractivity (Wildman–Crippen MR) is 101 cm³/mol. The highest BCUT2D eigenvalue weighted by molar-refractivity contribution is 6.01. The molecule has 0 heterocycles. The molecule has 27 heavy (non-hydrogen) atoms. The maximum atomic E-state index is 12.4. The van der Waals surface area contributed by atoms with E-state index in [-0.39, 0.29) is 11.5 Å². The number of carbonyl (C=O) groups is 2. The molecule has 6 heteroatoms. The van der Waals surface area contributed by atoms with Gasteiger partial charge in [-0.1, -0.05) is 6.07 Å². The van der Waals surface area contributed by atoms with Gasteiger partial charge in [-0.05, 0) is 61.9 Å². The van der Waals surface area contributed by atoms with Gasteiger partial charge in [-0.2, -0.15) is 0 Å². The van der Waals surface area contributed by atoms with Crippen LogP contribution in [0.15, 0.2) is 48.5 Å². The van der Waals surface area contributed by atoms with Crippen molar-refractivity contribution < 1.29 is 28.9 Å². The first kappa shape index (κ1) is 20.0. The van der Waals surface area contributed by atoms with Crippen LogP contribution in [-0.2, 0) is 9.53 Å². The van der Waals surface area contributed by atoms with Crippen molar-refractivity contribution in [1.82, 2.24) is 0 Å². The molecule has 0 saturated carbocycles. The Hall–Kier alpha value is -3.28. The number of benzene rings is 2. The first-order chi connectivity index (χ1) is 12.9. The van der Waals surface area contributed by atoms with Gasteiger partial charge in [0.05, 0.1) is 13.7 Å². The number of esters is 1. The second-order valence-corrected chi connectivity index (χ2v) is 5.67. The number of hydrogen-bond acceptors (Lipinski definition) is 6. The lowest BCUT2D eigenvalue weighted by Crippen LogP contribution is -2.23. The summed E-state index contributed by atoms with van der Waals surface area (Å²) in [5.74, 6) is 0.0299. The Morgan fingerprint density at radius 2 is 1.85 bits per heavy atom. The molecule has 142 valence electrons. The van der Waals surface area contributed by atoms with Crippen LogP contribution in [0.25, 0.3) is 6.08 Å². The molecule has 6 nitrogen and oxygen atoms in total. The van der Waals surface area contributed by atoms with Crippen molar-refractivity contribution in [1.29, 1.82) is 0 Å². The van der Waals surface area contributed by atoms with E-state index in [2.05, 4.69) is 0 Å². The lowest BCUT2D eigenvalue weighted by molar-refractivity contribution is -0.140. The van der Waals surface area contributed by atoms with Crippen molar-refractivity contribution in [2.24, 2.45) is 0 Å². The van der Waals surface area contributed by atoms with Gasteiger partial charge in [0.2, 0.25) is 5.78 Å². The highest BCUT2D eigenvalue weighted by Gasteiger charge is 2.18.